The lowest BCUT2D eigenvalue weighted by Gasteiger charge is -2.41. The lowest BCUT2D eigenvalue weighted by molar-refractivity contribution is -0.145. The fourth-order valence-corrected chi connectivity index (χ4v) is 3.37. The van der Waals surface area contributed by atoms with Crippen LogP contribution < -0.4 is 4.90 Å². The van der Waals surface area contributed by atoms with Crippen LogP contribution in [0.1, 0.15) is 12.8 Å². The molecule has 124 valence electrons. The first-order valence-electron chi connectivity index (χ1n) is 8.17. The zero-order chi connectivity index (χ0) is 16.2. The monoisotopic (exact) mass is 317 g/mol. The molecule has 2 amide bonds. The Bertz CT molecular complexity index is 543. The van der Waals surface area contributed by atoms with Gasteiger partial charge in [-0.2, -0.15) is 0 Å². The third-order valence-corrected chi connectivity index (χ3v) is 4.75. The predicted molar refractivity (Wildman–Crippen MR) is 87.0 cm³/mol. The summed E-state index contributed by atoms with van der Waals surface area (Å²) < 4.78 is 0. The summed E-state index contributed by atoms with van der Waals surface area (Å²) in [6.45, 7) is 3.31. The van der Waals surface area contributed by atoms with Crippen LogP contribution in [0.25, 0.3) is 0 Å². The lowest BCUT2D eigenvalue weighted by atomic mass is 9.98. The first kappa shape index (κ1) is 15.8. The zero-order valence-corrected chi connectivity index (χ0v) is 13.2. The van der Waals surface area contributed by atoms with Crippen LogP contribution in [0.2, 0.25) is 0 Å². The molecule has 2 unspecified atom stereocenters. The largest absolute Gasteiger partial charge is 0.393 e. The molecule has 2 fully saturated rings. The normalized spacial score (nSPS) is 25.3. The molecule has 2 aliphatic heterocycles. The van der Waals surface area contributed by atoms with Crippen LogP contribution in [0.5, 0.6) is 0 Å². The van der Waals surface area contributed by atoms with Crippen molar-refractivity contribution in [1.82, 2.24) is 9.80 Å². The number of piperidine rings is 1. The molecule has 1 aromatic rings. The van der Waals surface area contributed by atoms with E-state index < -0.39 is 12.1 Å². The first-order valence-corrected chi connectivity index (χ1v) is 8.17. The van der Waals surface area contributed by atoms with E-state index in [2.05, 4.69) is 17.0 Å². The highest BCUT2D eigenvalue weighted by molar-refractivity contribution is 5.84. The minimum Gasteiger partial charge on any atom is -0.393 e. The highest BCUT2D eigenvalue weighted by Gasteiger charge is 2.35. The standard InChI is InChI=1S/C17H23N3O3/c21-13-20-7-6-15(22)12-16(20)17(23)19-10-8-18(9-11-19)14-4-2-1-3-5-14/h1-5,13,15-16,22H,6-12H2. The van der Waals surface area contributed by atoms with Gasteiger partial charge in [0.1, 0.15) is 6.04 Å². The molecule has 1 N–H and O–H groups in total. The third-order valence-electron chi connectivity index (χ3n) is 4.75. The van der Waals surface area contributed by atoms with Crippen molar-refractivity contribution < 1.29 is 14.7 Å². The van der Waals surface area contributed by atoms with Gasteiger partial charge in [0.05, 0.1) is 6.10 Å². The summed E-state index contributed by atoms with van der Waals surface area (Å²) in [6, 6.07) is 9.65. The van der Waals surface area contributed by atoms with E-state index >= 15 is 0 Å². The second-order valence-electron chi connectivity index (χ2n) is 6.19. The number of amides is 2. The van der Waals surface area contributed by atoms with Crippen LogP contribution >= 0.6 is 0 Å². The van der Waals surface area contributed by atoms with E-state index in [1.807, 2.05) is 23.1 Å². The van der Waals surface area contributed by atoms with Crippen molar-refractivity contribution in [1.29, 1.82) is 0 Å². The highest BCUT2D eigenvalue weighted by Crippen LogP contribution is 2.20. The van der Waals surface area contributed by atoms with Crippen LogP contribution in [0.15, 0.2) is 30.3 Å². The average molecular weight is 317 g/mol. The Labute approximate surface area is 136 Å². The molecule has 23 heavy (non-hydrogen) atoms. The van der Waals surface area contributed by atoms with Crippen molar-refractivity contribution >= 4 is 18.0 Å². The molecule has 0 spiro atoms. The van der Waals surface area contributed by atoms with Crippen molar-refractivity contribution in [2.75, 3.05) is 37.6 Å². The van der Waals surface area contributed by atoms with Crippen molar-refractivity contribution in [2.24, 2.45) is 0 Å². The summed E-state index contributed by atoms with van der Waals surface area (Å²) in [4.78, 5) is 29.5. The summed E-state index contributed by atoms with van der Waals surface area (Å²) in [5.74, 6) is -0.0384. The second kappa shape index (κ2) is 7.00. The number of nitrogens with zero attached hydrogens (tertiary/aromatic N) is 3. The fraction of sp³-hybridized carbons (Fsp3) is 0.529. The summed E-state index contributed by atoms with van der Waals surface area (Å²) >= 11 is 0. The van der Waals surface area contributed by atoms with E-state index in [0.29, 0.717) is 32.5 Å². The summed E-state index contributed by atoms with van der Waals surface area (Å²) in [7, 11) is 0. The molecule has 2 heterocycles. The quantitative estimate of drug-likeness (QED) is 0.816. The Morgan fingerprint density at radius 1 is 1.09 bits per heavy atom. The number of carbonyl (C=O) groups excluding carboxylic acids is 2. The highest BCUT2D eigenvalue weighted by atomic mass is 16.3. The Morgan fingerprint density at radius 2 is 1.78 bits per heavy atom. The molecule has 1 aromatic carbocycles. The molecule has 0 aromatic heterocycles. The fourth-order valence-electron chi connectivity index (χ4n) is 3.37. The van der Waals surface area contributed by atoms with Crippen LogP contribution in [-0.4, -0.2) is 72.1 Å². The van der Waals surface area contributed by atoms with Gasteiger partial charge in [-0.15, -0.1) is 0 Å². The van der Waals surface area contributed by atoms with Gasteiger partial charge in [0.25, 0.3) is 0 Å². The van der Waals surface area contributed by atoms with Gasteiger partial charge in [-0.25, -0.2) is 0 Å². The van der Waals surface area contributed by atoms with E-state index in [-0.39, 0.29) is 5.91 Å². The number of anilines is 1. The van der Waals surface area contributed by atoms with Gasteiger partial charge >= 0.3 is 0 Å². The van der Waals surface area contributed by atoms with Gasteiger partial charge in [-0.05, 0) is 18.6 Å². The van der Waals surface area contributed by atoms with E-state index in [1.54, 1.807) is 0 Å². The van der Waals surface area contributed by atoms with Crippen LogP contribution in [0.3, 0.4) is 0 Å². The van der Waals surface area contributed by atoms with Crippen molar-refractivity contribution in [3.63, 3.8) is 0 Å². The third kappa shape index (κ3) is 3.47. The summed E-state index contributed by atoms with van der Waals surface area (Å²) in [5.41, 5.74) is 1.17. The molecule has 0 saturated carbocycles. The van der Waals surface area contributed by atoms with E-state index in [1.165, 1.54) is 10.6 Å². The maximum absolute atomic E-state index is 12.7. The Balaban J connectivity index is 1.60. The Hall–Kier alpha value is -2.08. The minimum atomic E-state index is -0.514. The van der Waals surface area contributed by atoms with Crippen LogP contribution in [0, 0.1) is 0 Å². The molecule has 6 heteroatoms. The van der Waals surface area contributed by atoms with Crippen molar-refractivity contribution in [2.45, 2.75) is 25.0 Å². The number of aliphatic hydroxyl groups excluding tert-OH is 1. The predicted octanol–water partition coefficient (Wildman–Crippen LogP) is 0.317. The SMILES string of the molecule is O=CN1CCC(O)CC1C(=O)N1CCN(c2ccccc2)CC1. The molecule has 3 rings (SSSR count). The molecular weight excluding hydrogens is 294 g/mol. The maximum atomic E-state index is 12.7. The number of hydrogen-bond acceptors (Lipinski definition) is 4. The minimum absolute atomic E-state index is 0.0384. The topological polar surface area (TPSA) is 64.1 Å². The van der Waals surface area contributed by atoms with Gasteiger partial charge in [0, 0.05) is 44.8 Å². The number of likely N-dealkylation sites (tertiary alicyclic amines) is 1. The van der Waals surface area contributed by atoms with Gasteiger partial charge in [-0.3, -0.25) is 9.59 Å². The second-order valence-corrected chi connectivity index (χ2v) is 6.19. The van der Waals surface area contributed by atoms with Gasteiger partial charge < -0.3 is 19.8 Å². The molecule has 2 saturated heterocycles. The Morgan fingerprint density at radius 3 is 2.43 bits per heavy atom. The maximum Gasteiger partial charge on any atom is 0.245 e. The van der Waals surface area contributed by atoms with E-state index in [0.717, 1.165) is 19.5 Å². The number of para-hydroxylation sites is 1. The molecule has 2 atom stereocenters. The summed E-state index contributed by atoms with van der Waals surface area (Å²) in [5, 5.41) is 9.81. The van der Waals surface area contributed by atoms with E-state index in [4.69, 9.17) is 0 Å². The molecule has 2 aliphatic rings. The smallest absolute Gasteiger partial charge is 0.245 e. The zero-order valence-electron chi connectivity index (χ0n) is 13.2. The number of aliphatic hydroxyl groups is 1. The van der Waals surface area contributed by atoms with Crippen LogP contribution in [0.4, 0.5) is 5.69 Å². The number of benzene rings is 1. The number of hydrogen-bond donors (Lipinski definition) is 1. The molecule has 6 nitrogen and oxygen atoms in total. The van der Waals surface area contributed by atoms with Gasteiger partial charge in [0.15, 0.2) is 0 Å². The van der Waals surface area contributed by atoms with Gasteiger partial charge in [0.2, 0.25) is 12.3 Å². The number of rotatable bonds is 3. The molecule has 0 bridgehead atoms. The molecule has 0 aliphatic carbocycles. The Kier molecular flexibility index (Phi) is 4.81. The van der Waals surface area contributed by atoms with E-state index in [9.17, 15) is 14.7 Å². The summed E-state index contributed by atoms with van der Waals surface area (Å²) in [6.07, 6.45) is 1.13. The van der Waals surface area contributed by atoms with Crippen molar-refractivity contribution in [3.05, 3.63) is 30.3 Å². The lowest BCUT2D eigenvalue weighted by Crippen LogP contribution is -2.57. The first-order chi connectivity index (χ1) is 11.2. The molecular formula is C17H23N3O3. The molecule has 0 radical (unpaired) electrons. The average Bonchev–Trinajstić information content (AvgIpc) is 2.62. The number of piperazine rings is 1. The van der Waals surface area contributed by atoms with Gasteiger partial charge in [-0.1, -0.05) is 18.2 Å². The van der Waals surface area contributed by atoms with Crippen LogP contribution in [-0.2, 0) is 9.59 Å². The van der Waals surface area contributed by atoms with Crippen molar-refractivity contribution in [3.8, 4) is 0 Å². The number of carbonyl (C=O) groups is 2.